The van der Waals surface area contributed by atoms with Crippen molar-refractivity contribution < 1.29 is 19.2 Å². The molecule has 2 N–H and O–H groups in total. The molecule has 0 aromatic heterocycles. The average molecular weight is 488 g/mol. The van der Waals surface area contributed by atoms with Gasteiger partial charge in [0.2, 0.25) is 0 Å². The normalized spacial score (nSPS) is 26.4. The topological polar surface area (TPSA) is 103 Å². The third-order valence-electron chi connectivity index (χ3n) is 5.95. The Kier molecular flexibility index (Phi) is 5.49. The smallest absolute Gasteiger partial charge is 0.256 e. The molecule has 2 aromatic carbocycles. The molecule has 0 unspecified atom stereocenters. The van der Waals surface area contributed by atoms with E-state index >= 15 is 0 Å². The lowest BCUT2D eigenvalue weighted by Crippen LogP contribution is -2.54. The van der Waals surface area contributed by atoms with Crippen LogP contribution < -0.4 is 20.1 Å². The number of halogens is 1. The molecule has 31 heavy (non-hydrogen) atoms. The van der Waals surface area contributed by atoms with E-state index in [1.165, 1.54) is 7.11 Å². The van der Waals surface area contributed by atoms with Crippen molar-refractivity contribution in [2.24, 2.45) is 0 Å². The highest BCUT2D eigenvalue weighted by molar-refractivity contribution is 9.10. The van der Waals surface area contributed by atoms with Gasteiger partial charge in [0.1, 0.15) is 6.61 Å². The Morgan fingerprint density at radius 2 is 2.10 bits per heavy atom. The van der Waals surface area contributed by atoms with Crippen LogP contribution in [0, 0.1) is 10.1 Å². The Bertz CT molecular complexity index is 1080. The van der Waals surface area contributed by atoms with Gasteiger partial charge in [0.05, 0.1) is 17.5 Å². The minimum atomic E-state index is -1.46. The molecule has 0 bridgehead atoms. The summed E-state index contributed by atoms with van der Waals surface area (Å²) in [5, 5.41) is 18.5. The summed E-state index contributed by atoms with van der Waals surface area (Å²) < 4.78 is 11.8. The van der Waals surface area contributed by atoms with Crippen LogP contribution >= 0.6 is 15.9 Å². The molecule has 1 spiro atoms. The third-order valence-corrected chi connectivity index (χ3v) is 6.53. The van der Waals surface area contributed by atoms with E-state index in [0.717, 1.165) is 0 Å². The zero-order valence-electron chi connectivity index (χ0n) is 17.1. The summed E-state index contributed by atoms with van der Waals surface area (Å²) in [6, 6.07) is 9.03. The molecule has 2 aliphatic heterocycles. The second kappa shape index (κ2) is 7.97. The van der Waals surface area contributed by atoms with Crippen molar-refractivity contribution in [2.75, 3.05) is 19.0 Å². The van der Waals surface area contributed by atoms with Gasteiger partial charge in [-0.15, -0.1) is 0 Å². The van der Waals surface area contributed by atoms with E-state index in [9.17, 15) is 14.9 Å². The fourth-order valence-electron chi connectivity index (χ4n) is 4.77. The molecule has 9 heteroatoms. The number of carbonyl (C=O) groups is 1. The fraction of sp³-hybridized carbons (Fsp3) is 0.318. The summed E-state index contributed by atoms with van der Waals surface area (Å²) in [7, 11) is 1.51. The van der Waals surface area contributed by atoms with E-state index < -0.39 is 23.4 Å². The number of rotatable bonds is 6. The Hall–Kier alpha value is -2.91. The Morgan fingerprint density at radius 3 is 2.77 bits per heavy atom. The number of nitro groups is 1. The number of hydrogen-bond donors (Lipinski definition) is 2. The number of hydrogen-bond acceptors (Lipinski definition) is 6. The number of ether oxygens (including phenoxy) is 2. The minimum absolute atomic E-state index is 0.285. The van der Waals surface area contributed by atoms with Crippen molar-refractivity contribution in [1.82, 2.24) is 5.32 Å². The molecule has 8 nitrogen and oxygen atoms in total. The number of benzene rings is 2. The van der Waals surface area contributed by atoms with Crippen molar-refractivity contribution in [3.8, 4) is 11.5 Å². The van der Waals surface area contributed by atoms with Crippen LogP contribution in [0.2, 0.25) is 0 Å². The zero-order chi connectivity index (χ0) is 22.3. The molecule has 1 fully saturated rings. The van der Waals surface area contributed by atoms with Gasteiger partial charge in [-0.2, -0.15) is 0 Å². The van der Waals surface area contributed by atoms with Gasteiger partial charge < -0.3 is 14.8 Å². The summed E-state index contributed by atoms with van der Waals surface area (Å²) in [5.74, 6) is -0.0777. The first-order valence-corrected chi connectivity index (χ1v) is 10.6. The van der Waals surface area contributed by atoms with Crippen LogP contribution in [0.5, 0.6) is 11.5 Å². The number of para-hydroxylation sites is 1. The Labute approximate surface area is 187 Å². The standard InChI is InChI=1S/C22H22BrN3O5/c1-4-9-31-19-15(23)10-13(11-17(19)30-3)18-12(2)25-22(20(18)26(28)29)14-7-5-6-8-16(14)24-21(22)27/h4-8,10-12,18,20,25H,1,9H2,2-3H3,(H,24,27)/t12-,18-,20-,22-/m0/s1. The SMILES string of the molecule is C=CCOc1c(Br)cc([C@@H]2[C@H](C)N[C@]3(C(=O)Nc4ccccc43)[C@H]2[N+](=O)[O-])cc1OC. The Morgan fingerprint density at radius 1 is 1.35 bits per heavy atom. The molecular formula is C22H22BrN3O5. The number of methoxy groups -OCH3 is 1. The van der Waals surface area contributed by atoms with E-state index in [1.54, 1.807) is 42.5 Å². The predicted molar refractivity (Wildman–Crippen MR) is 119 cm³/mol. The van der Waals surface area contributed by atoms with Gasteiger partial charge in [0, 0.05) is 22.2 Å². The quantitative estimate of drug-likeness (QED) is 0.366. The van der Waals surface area contributed by atoms with Crippen LogP contribution in [-0.4, -0.2) is 36.6 Å². The fourth-order valence-corrected chi connectivity index (χ4v) is 5.34. The summed E-state index contributed by atoms with van der Waals surface area (Å²) in [5.41, 5.74) is 0.395. The first kappa shape index (κ1) is 21.3. The minimum Gasteiger partial charge on any atom is -0.493 e. The lowest BCUT2D eigenvalue weighted by molar-refractivity contribution is -0.532. The molecule has 0 radical (unpaired) electrons. The van der Waals surface area contributed by atoms with Gasteiger partial charge in [0.15, 0.2) is 17.0 Å². The van der Waals surface area contributed by atoms with Gasteiger partial charge >= 0.3 is 0 Å². The third kappa shape index (κ3) is 3.19. The van der Waals surface area contributed by atoms with Crippen molar-refractivity contribution in [3.63, 3.8) is 0 Å². The number of nitrogens with one attached hydrogen (secondary N) is 2. The molecule has 4 rings (SSSR count). The van der Waals surface area contributed by atoms with Crippen molar-refractivity contribution >= 4 is 27.5 Å². The van der Waals surface area contributed by atoms with Crippen LogP contribution in [0.4, 0.5) is 5.69 Å². The van der Waals surface area contributed by atoms with Crippen molar-refractivity contribution in [2.45, 2.75) is 30.5 Å². The molecular weight excluding hydrogens is 466 g/mol. The maximum atomic E-state index is 13.1. The van der Waals surface area contributed by atoms with E-state index in [0.29, 0.717) is 32.8 Å². The zero-order valence-corrected chi connectivity index (χ0v) is 18.6. The maximum Gasteiger partial charge on any atom is 0.256 e. The van der Waals surface area contributed by atoms with Crippen LogP contribution in [0.15, 0.2) is 53.5 Å². The predicted octanol–water partition coefficient (Wildman–Crippen LogP) is 3.59. The van der Waals surface area contributed by atoms with E-state index in [4.69, 9.17) is 9.47 Å². The van der Waals surface area contributed by atoms with E-state index in [-0.39, 0.29) is 17.6 Å². The molecule has 0 saturated carbocycles. The monoisotopic (exact) mass is 487 g/mol. The number of nitrogens with zero attached hydrogens (tertiary/aromatic N) is 1. The highest BCUT2D eigenvalue weighted by Gasteiger charge is 2.67. The van der Waals surface area contributed by atoms with Gasteiger partial charge in [-0.1, -0.05) is 30.9 Å². The highest BCUT2D eigenvalue weighted by Crippen LogP contribution is 2.51. The number of fused-ring (bicyclic) bond motifs is 2. The molecule has 2 heterocycles. The molecule has 2 aliphatic rings. The van der Waals surface area contributed by atoms with Crippen molar-refractivity contribution in [1.29, 1.82) is 0 Å². The molecule has 1 amide bonds. The van der Waals surface area contributed by atoms with Crippen LogP contribution in [0.25, 0.3) is 0 Å². The second-order valence-corrected chi connectivity index (χ2v) is 8.48. The average Bonchev–Trinajstić information content (AvgIpc) is 3.21. The van der Waals surface area contributed by atoms with Gasteiger partial charge in [-0.05, 0) is 46.6 Å². The number of amides is 1. The summed E-state index contributed by atoms with van der Waals surface area (Å²) in [6.45, 7) is 5.78. The van der Waals surface area contributed by atoms with Crippen LogP contribution in [-0.2, 0) is 10.3 Å². The summed E-state index contributed by atoms with van der Waals surface area (Å²) in [4.78, 5) is 25.2. The first-order valence-electron chi connectivity index (χ1n) is 9.78. The van der Waals surface area contributed by atoms with Gasteiger partial charge in [-0.25, -0.2) is 0 Å². The lowest BCUT2D eigenvalue weighted by Gasteiger charge is -2.25. The second-order valence-electron chi connectivity index (χ2n) is 7.63. The molecule has 4 atom stereocenters. The van der Waals surface area contributed by atoms with Crippen LogP contribution in [0.3, 0.4) is 0 Å². The van der Waals surface area contributed by atoms with E-state index in [2.05, 4.69) is 33.1 Å². The largest absolute Gasteiger partial charge is 0.493 e. The first-order chi connectivity index (χ1) is 14.8. The van der Waals surface area contributed by atoms with Crippen LogP contribution in [0.1, 0.15) is 24.0 Å². The summed E-state index contributed by atoms with van der Waals surface area (Å²) in [6.07, 6.45) is 1.62. The number of carbonyl (C=O) groups excluding carboxylic acids is 1. The van der Waals surface area contributed by atoms with Gasteiger partial charge in [0.25, 0.3) is 11.9 Å². The van der Waals surface area contributed by atoms with E-state index in [1.807, 2.05) is 6.92 Å². The van der Waals surface area contributed by atoms with Gasteiger partial charge in [-0.3, -0.25) is 20.2 Å². The molecule has 2 aromatic rings. The van der Waals surface area contributed by atoms with Crippen molar-refractivity contribution in [3.05, 3.63) is 74.8 Å². The lowest BCUT2D eigenvalue weighted by atomic mass is 9.78. The maximum absolute atomic E-state index is 13.1. The number of anilines is 1. The Balaban J connectivity index is 1.85. The highest BCUT2D eigenvalue weighted by atomic mass is 79.9. The summed E-state index contributed by atoms with van der Waals surface area (Å²) >= 11 is 3.50. The molecule has 162 valence electrons. The molecule has 0 aliphatic carbocycles. The molecule has 1 saturated heterocycles.